The molecule has 0 N–H and O–H groups in total. The highest BCUT2D eigenvalue weighted by Gasteiger charge is 2.24. The van der Waals surface area contributed by atoms with Gasteiger partial charge in [0, 0.05) is 54.5 Å². The maximum absolute atomic E-state index is 6.91. The molecular formula is C82H48N2O2. The summed E-state index contributed by atoms with van der Waals surface area (Å²) in [7, 11) is 0. The monoisotopic (exact) mass is 1090 g/mol. The lowest BCUT2D eigenvalue weighted by Gasteiger charge is -2.29. The van der Waals surface area contributed by atoms with Crippen molar-refractivity contribution in [2.24, 2.45) is 0 Å². The Morgan fingerprint density at radius 2 is 0.477 bits per heavy atom. The second kappa shape index (κ2) is 18.0. The first-order chi connectivity index (χ1) is 42.6. The van der Waals surface area contributed by atoms with Crippen molar-refractivity contribution in [2.75, 3.05) is 9.80 Å². The van der Waals surface area contributed by atoms with Gasteiger partial charge in [-0.15, -0.1) is 0 Å². The molecule has 0 spiro atoms. The van der Waals surface area contributed by atoms with Crippen molar-refractivity contribution in [3.63, 3.8) is 0 Å². The smallest absolute Gasteiger partial charge is 0.136 e. The number of benzene rings is 17. The van der Waals surface area contributed by atoms with E-state index in [9.17, 15) is 0 Å². The van der Waals surface area contributed by atoms with E-state index in [-0.39, 0.29) is 0 Å². The summed E-state index contributed by atoms with van der Waals surface area (Å²) in [4.78, 5) is 4.91. The molecule has 0 aliphatic rings. The molecule has 0 radical (unpaired) electrons. The van der Waals surface area contributed by atoms with Gasteiger partial charge in [-0.25, -0.2) is 0 Å². The topological polar surface area (TPSA) is 32.8 Å². The van der Waals surface area contributed by atoms with Gasteiger partial charge in [-0.1, -0.05) is 206 Å². The fourth-order valence-electron chi connectivity index (χ4n) is 14.6. The molecule has 0 amide bonds. The molecular weight excluding hydrogens is 1040 g/mol. The predicted molar refractivity (Wildman–Crippen MR) is 365 cm³/mol. The number of anilines is 6. The Labute approximate surface area is 492 Å². The van der Waals surface area contributed by atoms with Gasteiger partial charge in [-0.05, 0) is 171 Å². The minimum Gasteiger partial charge on any atom is -0.456 e. The average Bonchev–Trinajstić information content (AvgIpc) is 1.63. The Hall–Kier alpha value is -11.5. The molecule has 4 nitrogen and oxygen atoms in total. The molecule has 0 atom stereocenters. The third kappa shape index (κ3) is 6.93. The van der Waals surface area contributed by atoms with E-state index in [1.54, 1.807) is 0 Å². The summed E-state index contributed by atoms with van der Waals surface area (Å²) in [6, 6.07) is 107. The van der Waals surface area contributed by atoms with Gasteiger partial charge >= 0.3 is 0 Å². The lowest BCUT2D eigenvalue weighted by Crippen LogP contribution is -2.11. The van der Waals surface area contributed by atoms with Gasteiger partial charge in [0.1, 0.15) is 22.3 Å². The standard InChI is InChI=1S/C82H48N2O2/c1-5-17-59-49(13-1)31-37-67-63(59)21-9-25-73(67)83(74-26-10-22-64-60-18-6-2-14-50(60)32-38-68(64)74)57-35-29-53-45-71-79(47-55(53)43-57)85-77-41-42-78-82(81(71)77)72-46-54-30-36-58(44-56(54)48-80(72)86-78)84(75-27-11-23-65-61-19-7-3-15-51(61)33-39-69(65)75)76-28-12-24-66-62-20-8-4-16-52(62)34-40-70(66)76/h1-48H. The maximum Gasteiger partial charge on any atom is 0.136 e. The third-order valence-corrected chi connectivity index (χ3v) is 18.5. The first kappa shape index (κ1) is 47.1. The Kier molecular flexibility index (Phi) is 9.86. The first-order valence-electron chi connectivity index (χ1n) is 29.5. The highest BCUT2D eigenvalue weighted by Crippen LogP contribution is 2.49. The Morgan fingerprint density at radius 3 is 0.814 bits per heavy atom. The number of rotatable bonds is 6. The van der Waals surface area contributed by atoms with Crippen molar-refractivity contribution in [3.8, 4) is 0 Å². The third-order valence-electron chi connectivity index (χ3n) is 18.5. The Bertz CT molecular complexity index is 5520. The van der Waals surface area contributed by atoms with Crippen LogP contribution in [-0.4, -0.2) is 0 Å². The van der Waals surface area contributed by atoms with Gasteiger partial charge in [0.25, 0.3) is 0 Å². The summed E-state index contributed by atoms with van der Waals surface area (Å²) in [5, 5.41) is 28.2. The second-order valence-corrected chi connectivity index (χ2v) is 23.1. The van der Waals surface area contributed by atoms with Crippen LogP contribution in [0, 0.1) is 0 Å². The van der Waals surface area contributed by atoms with Gasteiger partial charge in [-0.2, -0.15) is 0 Å². The summed E-state index contributed by atoms with van der Waals surface area (Å²) in [6.45, 7) is 0. The van der Waals surface area contributed by atoms with Gasteiger partial charge in [0.15, 0.2) is 0 Å². The number of furan rings is 2. The van der Waals surface area contributed by atoms with E-state index in [2.05, 4.69) is 301 Å². The van der Waals surface area contributed by atoms with Crippen molar-refractivity contribution in [1.82, 2.24) is 0 Å². The largest absolute Gasteiger partial charge is 0.456 e. The van der Waals surface area contributed by atoms with E-state index in [0.29, 0.717) is 0 Å². The van der Waals surface area contributed by atoms with Crippen LogP contribution in [0.5, 0.6) is 0 Å². The number of hydrogen-bond donors (Lipinski definition) is 0. The van der Waals surface area contributed by atoms with Crippen molar-refractivity contribution in [1.29, 1.82) is 0 Å². The summed E-state index contributed by atoms with van der Waals surface area (Å²) in [5.41, 5.74) is 9.91. The predicted octanol–water partition coefficient (Wildman–Crippen LogP) is 24.0. The van der Waals surface area contributed by atoms with Crippen LogP contribution in [-0.2, 0) is 0 Å². The highest BCUT2D eigenvalue weighted by atomic mass is 16.3. The Balaban J connectivity index is 0.771. The minimum absolute atomic E-state index is 0.829. The number of hydrogen-bond acceptors (Lipinski definition) is 4. The number of fused-ring (bicyclic) bond motifs is 21. The van der Waals surface area contributed by atoms with Crippen molar-refractivity contribution in [3.05, 3.63) is 291 Å². The zero-order valence-electron chi connectivity index (χ0n) is 46.4. The molecule has 0 saturated heterocycles. The van der Waals surface area contributed by atoms with Crippen LogP contribution in [0.15, 0.2) is 300 Å². The van der Waals surface area contributed by atoms with Crippen LogP contribution in [0.4, 0.5) is 34.1 Å². The molecule has 0 unspecified atom stereocenters. The molecule has 0 aliphatic carbocycles. The molecule has 0 fully saturated rings. The van der Waals surface area contributed by atoms with Crippen LogP contribution >= 0.6 is 0 Å². The molecule has 2 aromatic heterocycles. The van der Waals surface area contributed by atoms with Crippen LogP contribution < -0.4 is 9.80 Å². The molecule has 19 rings (SSSR count). The van der Waals surface area contributed by atoms with Gasteiger partial charge in [0.2, 0.25) is 0 Å². The number of nitrogens with zero attached hydrogens (tertiary/aromatic N) is 2. The van der Waals surface area contributed by atoms with Gasteiger partial charge < -0.3 is 18.6 Å². The average molecular weight is 1090 g/mol. The van der Waals surface area contributed by atoms with E-state index >= 15 is 0 Å². The zero-order valence-corrected chi connectivity index (χ0v) is 46.4. The summed E-state index contributed by atoms with van der Waals surface area (Å²) >= 11 is 0. The fraction of sp³-hybridized carbons (Fsp3) is 0. The molecule has 19 aromatic rings. The van der Waals surface area contributed by atoms with E-state index in [1.807, 2.05) is 0 Å². The first-order valence-corrected chi connectivity index (χ1v) is 29.5. The second-order valence-electron chi connectivity index (χ2n) is 23.1. The van der Waals surface area contributed by atoms with E-state index in [4.69, 9.17) is 8.83 Å². The minimum atomic E-state index is 0.829. The molecule has 0 saturated carbocycles. The quantitative estimate of drug-likeness (QED) is 0.155. The van der Waals surface area contributed by atoms with Crippen LogP contribution in [0.1, 0.15) is 0 Å². The highest BCUT2D eigenvalue weighted by molar-refractivity contribution is 6.28. The van der Waals surface area contributed by atoms with Crippen molar-refractivity contribution < 1.29 is 8.83 Å². The molecule has 17 aromatic carbocycles. The molecule has 86 heavy (non-hydrogen) atoms. The lowest BCUT2D eigenvalue weighted by atomic mass is 9.97. The SMILES string of the molecule is c1ccc2c(c1)ccc1c(N(c3ccc4cc5c(cc4c3)oc3ccc4oc6cc7cc(N(c8cccc9c8ccc8ccccc89)c8cccc9c8ccc8ccccc89)ccc7cc6c4c35)c3cccc4c3ccc3ccccc34)cccc12. The fourth-order valence-corrected chi connectivity index (χ4v) is 14.6. The van der Waals surface area contributed by atoms with Crippen LogP contribution in [0.25, 0.3) is 152 Å². The van der Waals surface area contributed by atoms with Gasteiger partial charge in [0.05, 0.1) is 22.7 Å². The normalized spacial score (nSPS) is 12.2. The maximum atomic E-state index is 6.91. The summed E-state index contributed by atoms with van der Waals surface area (Å²) in [5.74, 6) is 0. The van der Waals surface area contributed by atoms with Crippen LogP contribution in [0.2, 0.25) is 0 Å². The van der Waals surface area contributed by atoms with E-state index in [1.165, 1.54) is 86.2 Å². The molecule has 4 heteroatoms. The molecule has 398 valence electrons. The zero-order chi connectivity index (χ0) is 56.1. The van der Waals surface area contributed by atoms with E-state index < -0.39 is 0 Å². The Morgan fingerprint density at radius 1 is 0.174 bits per heavy atom. The summed E-state index contributed by atoms with van der Waals surface area (Å²) in [6.07, 6.45) is 0. The van der Waals surface area contributed by atoms with Gasteiger partial charge in [-0.3, -0.25) is 0 Å². The molecule has 0 aliphatic heterocycles. The molecule has 0 bridgehead atoms. The lowest BCUT2D eigenvalue weighted by molar-refractivity contribution is 0.663. The van der Waals surface area contributed by atoms with Crippen molar-refractivity contribution in [2.45, 2.75) is 0 Å². The van der Waals surface area contributed by atoms with Crippen LogP contribution in [0.3, 0.4) is 0 Å². The molecule has 2 heterocycles. The van der Waals surface area contributed by atoms with Crippen molar-refractivity contribution >= 4 is 186 Å². The van der Waals surface area contributed by atoms with E-state index in [0.717, 1.165) is 99.5 Å². The summed E-state index contributed by atoms with van der Waals surface area (Å²) < 4.78 is 13.8.